The van der Waals surface area contributed by atoms with E-state index in [1.165, 1.54) is 0 Å². The van der Waals surface area contributed by atoms with Gasteiger partial charge in [-0.25, -0.2) is 0 Å². The lowest BCUT2D eigenvalue weighted by atomic mass is 9.66. The molecule has 3 rings (SSSR count). The number of carbonyl (C=O) groups excluding carboxylic acids is 1. The molecule has 1 aliphatic heterocycles. The van der Waals surface area contributed by atoms with E-state index in [1.54, 1.807) is 0 Å². The minimum atomic E-state index is -0.864. The summed E-state index contributed by atoms with van der Waals surface area (Å²) in [6, 6.07) is 7.72. The SMILES string of the molecule is O=C(CC1(C(=O)O)CCC1)NCC1(c2ccccc2Cl)CCOCC1. The van der Waals surface area contributed by atoms with E-state index in [0.717, 1.165) is 24.8 Å². The van der Waals surface area contributed by atoms with Crippen LogP contribution in [0.25, 0.3) is 0 Å². The number of hydrogen-bond donors (Lipinski definition) is 2. The maximum absolute atomic E-state index is 12.4. The number of carbonyl (C=O) groups is 2. The highest BCUT2D eigenvalue weighted by Gasteiger charge is 2.46. The van der Waals surface area contributed by atoms with E-state index in [0.29, 0.717) is 37.6 Å². The number of benzene rings is 1. The smallest absolute Gasteiger partial charge is 0.310 e. The van der Waals surface area contributed by atoms with Crippen LogP contribution in [-0.4, -0.2) is 36.7 Å². The summed E-state index contributed by atoms with van der Waals surface area (Å²) in [5, 5.41) is 13.1. The molecule has 0 bridgehead atoms. The molecule has 1 aromatic carbocycles. The standard InChI is InChI=1S/C19H24ClNO4/c20-15-5-2-1-4-14(15)19(8-10-25-11-9-19)13-21-16(22)12-18(17(23)24)6-3-7-18/h1-2,4-5H,3,6-13H2,(H,21,22)(H,23,24). The Morgan fingerprint density at radius 3 is 2.40 bits per heavy atom. The summed E-state index contributed by atoms with van der Waals surface area (Å²) in [5.41, 5.74) is -0.101. The maximum atomic E-state index is 12.4. The third-order valence-corrected chi connectivity index (χ3v) is 6.11. The minimum Gasteiger partial charge on any atom is -0.481 e. The number of carboxylic acids is 1. The Labute approximate surface area is 152 Å². The molecular weight excluding hydrogens is 342 g/mol. The molecule has 0 unspecified atom stereocenters. The van der Waals surface area contributed by atoms with Crippen LogP contribution in [0.4, 0.5) is 0 Å². The molecule has 1 heterocycles. The molecule has 2 fully saturated rings. The summed E-state index contributed by atoms with van der Waals surface area (Å²) in [5.74, 6) is -1.05. The molecule has 1 saturated carbocycles. The van der Waals surface area contributed by atoms with Gasteiger partial charge in [-0.15, -0.1) is 0 Å². The molecule has 1 amide bonds. The van der Waals surface area contributed by atoms with Crippen molar-refractivity contribution in [1.29, 1.82) is 0 Å². The van der Waals surface area contributed by atoms with Crippen LogP contribution in [0, 0.1) is 5.41 Å². The Bertz CT molecular complexity index is 651. The van der Waals surface area contributed by atoms with E-state index in [-0.39, 0.29) is 17.7 Å². The normalized spacial score (nSPS) is 21.2. The van der Waals surface area contributed by atoms with Crippen LogP contribution in [0.3, 0.4) is 0 Å². The minimum absolute atomic E-state index is 0.0530. The Kier molecular flexibility index (Phi) is 5.35. The predicted molar refractivity (Wildman–Crippen MR) is 94.7 cm³/mol. The fraction of sp³-hybridized carbons (Fsp3) is 0.579. The Morgan fingerprint density at radius 1 is 1.16 bits per heavy atom. The van der Waals surface area contributed by atoms with E-state index in [9.17, 15) is 14.7 Å². The number of amides is 1. The zero-order chi connectivity index (χ0) is 17.9. The van der Waals surface area contributed by atoms with Gasteiger partial charge < -0.3 is 15.2 Å². The van der Waals surface area contributed by atoms with E-state index in [1.807, 2.05) is 24.3 Å². The van der Waals surface area contributed by atoms with Crippen molar-refractivity contribution < 1.29 is 19.4 Å². The van der Waals surface area contributed by atoms with Gasteiger partial charge in [0.05, 0.1) is 5.41 Å². The van der Waals surface area contributed by atoms with Gasteiger partial charge in [-0.3, -0.25) is 9.59 Å². The van der Waals surface area contributed by atoms with Crippen LogP contribution in [0.1, 0.15) is 44.1 Å². The highest BCUT2D eigenvalue weighted by molar-refractivity contribution is 6.31. The van der Waals surface area contributed by atoms with E-state index >= 15 is 0 Å². The average Bonchev–Trinajstić information content (AvgIpc) is 2.57. The molecule has 0 radical (unpaired) electrons. The van der Waals surface area contributed by atoms with Gasteiger partial charge in [0.1, 0.15) is 0 Å². The van der Waals surface area contributed by atoms with Gasteiger partial charge in [0.15, 0.2) is 0 Å². The quantitative estimate of drug-likeness (QED) is 0.812. The maximum Gasteiger partial charge on any atom is 0.310 e. The first-order valence-electron chi connectivity index (χ1n) is 8.80. The van der Waals surface area contributed by atoms with Gasteiger partial charge in [0.25, 0.3) is 0 Å². The second-order valence-electron chi connectivity index (χ2n) is 7.27. The second-order valence-corrected chi connectivity index (χ2v) is 7.67. The number of halogens is 1. The summed E-state index contributed by atoms with van der Waals surface area (Å²) >= 11 is 6.41. The van der Waals surface area contributed by atoms with E-state index in [2.05, 4.69) is 5.32 Å². The number of hydrogen-bond acceptors (Lipinski definition) is 3. The molecular formula is C19H24ClNO4. The molecule has 0 spiro atoms. The van der Waals surface area contributed by atoms with Crippen LogP contribution in [0.2, 0.25) is 5.02 Å². The lowest BCUT2D eigenvalue weighted by molar-refractivity contribution is -0.157. The molecule has 6 heteroatoms. The van der Waals surface area contributed by atoms with Crippen LogP contribution >= 0.6 is 11.6 Å². The molecule has 2 aliphatic rings. The largest absolute Gasteiger partial charge is 0.481 e. The third kappa shape index (κ3) is 3.67. The summed E-state index contributed by atoms with van der Waals surface area (Å²) in [6.07, 6.45) is 3.65. The molecule has 0 aromatic heterocycles. The third-order valence-electron chi connectivity index (χ3n) is 5.78. The fourth-order valence-electron chi connectivity index (χ4n) is 3.90. The summed E-state index contributed by atoms with van der Waals surface area (Å²) < 4.78 is 5.50. The van der Waals surface area contributed by atoms with E-state index in [4.69, 9.17) is 16.3 Å². The first-order valence-corrected chi connectivity index (χ1v) is 9.18. The van der Waals surface area contributed by atoms with E-state index < -0.39 is 11.4 Å². The highest BCUT2D eigenvalue weighted by atomic mass is 35.5. The average molecular weight is 366 g/mol. The molecule has 25 heavy (non-hydrogen) atoms. The first kappa shape index (κ1) is 18.2. The molecule has 0 atom stereocenters. The van der Waals surface area contributed by atoms with Crippen LogP contribution < -0.4 is 5.32 Å². The molecule has 2 N–H and O–H groups in total. The number of aliphatic carboxylic acids is 1. The number of carboxylic acid groups (broad SMARTS) is 1. The zero-order valence-electron chi connectivity index (χ0n) is 14.2. The summed E-state index contributed by atoms with van der Waals surface area (Å²) in [7, 11) is 0. The van der Waals surface area contributed by atoms with Gasteiger partial charge in [-0.2, -0.15) is 0 Å². The topological polar surface area (TPSA) is 75.6 Å². The Balaban J connectivity index is 1.70. The van der Waals surface area contributed by atoms with Gasteiger partial charge in [-0.1, -0.05) is 36.2 Å². The van der Waals surface area contributed by atoms with Crippen molar-refractivity contribution in [2.24, 2.45) is 5.41 Å². The monoisotopic (exact) mass is 365 g/mol. The zero-order valence-corrected chi connectivity index (χ0v) is 15.0. The van der Waals surface area contributed by atoms with Crippen molar-refractivity contribution in [3.8, 4) is 0 Å². The Morgan fingerprint density at radius 2 is 1.84 bits per heavy atom. The highest BCUT2D eigenvalue weighted by Crippen LogP contribution is 2.44. The fourth-order valence-corrected chi connectivity index (χ4v) is 4.24. The second kappa shape index (κ2) is 7.34. The Hall–Kier alpha value is -1.59. The predicted octanol–water partition coefficient (Wildman–Crippen LogP) is 3.15. The van der Waals surface area contributed by atoms with Gasteiger partial charge in [0.2, 0.25) is 5.91 Å². The van der Waals surface area contributed by atoms with Crippen molar-refractivity contribution in [2.75, 3.05) is 19.8 Å². The molecule has 136 valence electrons. The van der Waals surface area contributed by atoms with Crippen molar-refractivity contribution >= 4 is 23.5 Å². The van der Waals surface area contributed by atoms with Crippen molar-refractivity contribution in [3.05, 3.63) is 34.9 Å². The van der Waals surface area contributed by atoms with Crippen molar-refractivity contribution in [3.63, 3.8) is 0 Å². The number of nitrogens with one attached hydrogen (secondary N) is 1. The van der Waals surface area contributed by atoms with Gasteiger partial charge in [0, 0.05) is 36.6 Å². The van der Waals surface area contributed by atoms with Gasteiger partial charge >= 0.3 is 5.97 Å². The van der Waals surface area contributed by atoms with Gasteiger partial charge in [-0.05, 0) is 37.3 Å². The number of ether oxygens (including phenoxy) is 1. The molecule has 1 aliphatic carbocycles. The van der Waals surface area contributed by atoms with Crippen molar-refractivity contribution in [1.82, 2.24) is 5.32 Å². The molecule has 5 nitrogen and oxygen atoms in total. The lowest BCUT2D eigenvalue weighted by Crippen LogP contribution is -2.47. The molecule has 1 aromatic rings. The molecule has 1 saturated heterocycles. The number of rotatable bonds is 6. The van der Waals surface area contributed by atoms with Crippen LogP contribution in [-0.2, 0) is 19.7 Å². The summed E-state index contributed by atoms with van der Waals surface area (Å²) in [4.78, 5) is 23.9. The summed E-state index contributed by atoms with van der Waals surface area (Å²) in [6.45, 7) is 1.70. The lowest BCUT2D eigenvalue weighted by Gasteiger charge is -2.40. The van der Waals surface area contributed by atoms with Crippen molar-refractivity contribution in [2.45, 2.75) is 43.9 Å². The van der Waals surface area contributed by atoms with Crippen LogP contribution in [0.5, 0.6) is 0 Å². The van der Waals surface area contributed by atoms with Crippen LogP contribution in [0.15, 0.2) is 24.3 Å². The first-order chi connectivity index (χ1) is 12.0.